The highest BCUT2D eigenvalue weighted by Gasteiger charge is 2.20. The zero-order chi connectivity index (χ0) is 9.07. The predicted molar refractivity (Wildman–Crippen MR) is 55.7 cm³/mol. The molecule has 0 heterocycles. The molecule has 0 N–H and O–H groups in total. The number of hydrogen-bond acceptors (Lipinski definition) is 1. The number of carbonyl (C=O) groups excluding carboxylic acids is 1. The molecule has 0 spiro atoms. The maximum Gasteiger partial charge on any atom is 0.221 e. The van der Waals surface area contributed by atoms with E-state index in [1.165, 1.54) is 0 Å². The summed E-state index contributed by atoms with van der Waals surface area (Å²) in [5.41, 5.74) is 0. The van der Waals surface area contributed by atoms with Crippen LogP contribution in [-0.2, 0) is 4.79 Å². The van der Waals surface area contributed by atoms with Crippen LogP contribution < -0.4 is 0 Å². The molecule has 0 unspecified atom stereocenters. The standard InChI is InChI=1S/C6H14B3NO/c1-3-4-10(5(2)11)6(7,8)9/h3-4H,7-9H2,1-2H3/b4-3-. The van der Waals surface area contributed by atoms with Crippen LogP contribution in [0.4, 0.5) is 0 Å². The van der Waals surface area contributed by atoms with E-state index in [1.807, 2.05) is 42.7 Å². The summed E-state index contributed by atoms with van der Waals surface area (Å²) in [5.74, 6) is 0.0793. The van der Waals surface area contributed by atoms with E-state index in [1.54, 1.807) is 11.8 Å². The van der Waals surface area contributed by atoms with Crippen LogP contribution in [0.3, 0.4) is 0 Å². The fourth-order valence-electron chi connectivity index (χ4n) is 0.950. The molecule has 1 amide bonds. The molecule has 0 bridgehead atoms. The van der Waals surface area contributed by atoms with Crippen molar-refractivity contribution in [2.45, 2.75) is 19.1 Å². The Labute approximate surface area is 71.3 Å². The number of nitrogens with zero attached hydrogens (tertiary/aromatic N) is 1. The van der Waals surface area contributed by atoms with Crippen molar-refractivity contribution in [3.05, 3.63) is 12.3 Å². The van der Waals surface area contributed by atoms with Crippen molar-refractivity contribution < 1.29 is 4.79 Å². The Kier molecular flexibility index (Phi) is 3.50. The maximum absolute atomic E-state index is 11.1. The minimum absolute atomic E-state index is 0.0793. The fraction of sp³-hybridized carbons (Fsp3) is 0.500. The molecule has 0 atom stereocenters. The van der Waals surface area contributed by atoms with Crippen LogP contribution in [0.1, 0.15) is 13.8 Å². The molecule has 0 aliphatic heterocycles. The van der Waals surface area contributed by atoms with Crippen LogP contribution in [0, 0.1) is 0 Å². The van der Waals surface area contributed by atoms with Gasteiger partial charge in [0.1, 0.15) is 23.5 Å². The molecular formula is C6H14B3NO. The lowest BCUT2D eigenvalue weighted by atomic mass is 9.48. The zero-order valence-electron chi connectivity index (χ0n) is 8.01. The molecule has 11 heavy (non-hydrogen) atoms. The van der Waals surface area contributed by atoms with E-state index < -0.39 is 0 Å². The SMILES string of the molecule is BC(B)(B)N(/C=C\C)C(C)=O. The normalized spacial score (nSPS) is 11.8. The summed E-state index contributed by atoms with van der Waals surface area (Å²) < 4.78 is 0. The van der Waals surface area contributed by atoms with E-state index in [4.69, 9.17) is 0 Å². The number of carbonyl (C=O) groups is 1. The van der Waals surface area contributed by atoms with Crippen LogP contribution in [0.25, 0.3) is 0 Å². The first-order valence-electron chi connectivity index (χ1n) is 3.82. The first-order valence-corrected chi connectivity index (χ1v) is 3.82. The first-order chi connectivity index (χ1) is 4.89. The highest BCUT2D eigenvalue weighted by atomic mass is 16.2. The number of amides is 1. The van der Waals surface area contributed by atoms with Gasteiger partial charge in [-0.3, -0.25) is 4.79 Å². The van der Waals surface area contributed by atoms with Crippen molar-refractivity contribution in [3.63, 3.8) is 0 Å². The fourth-order valence-corrected chi connectivity index (χ4v) is 0.950. The van der Waals surface area contributed by atoms with Crippen molar-refractivity contribution in [1.82, 2.24) is 4.90 Å². The predicted octanol–water partition coefficient (Wildman–Crippen LogP) is -2.12. The lowest BCUT2D eigenvalue weighted by Crippen LogP contribution is -2.49. The smallest absolute Gasteiger partial charge is 0.221 e. The number of allylic oxidation sites excluding steroid dienone is 1. The molecule has 0 radical (unpaired) electrons. The molecule has 0 aromatic carbocycles. The maximum atomic E-state index is 11.1. The second kappa shape index (κ2) is 3.70. The van der Waals surface area contributed by atoms with Crippen molar-refractivity contribution in [2.24, 2.45) is 0 Å². The molecule has 0 saturated heterocycles. The summed E-state index contributed by atoms with van der Waals surface area (Å²) in [6.45, 7) is 3.48. The number of hydrogen-bond donors (Lipinski definition) is 0. The average Bonchev–Trinajstić information content (AvgIpc) is 1.79. The molecular weight excluding hydrogens is 135 g/mol. The Balaban J connectivity index is 4.48. The molecule has 0 rings (SSSR count). The van der Waals surface area contributed by atoms with E-state index in [-0.39, 0.29) is 11.1 Å². The van der Waals surface area contributed by atoms with Gasteiger partial charge in [-0.2, -0.15) is 0 Å². The summed E-state index contributed by atoms with van der Waals surface area (Å²) in [6, 6.07) is 0. The van der Waals surface area contributed by atoms with E-state index in [9.17, 15) is 4.79 Å². The van der Waals surface area contributed by atoms with Gasteiger partial charge in [0.2, 0.25) is 5.91 Å². The third kappa shape index (κ3) is 3.35. The highest BCUT2D eigenvalue weighted by Crippen LogP contribution is 2.03. The Hall–Kier alpha value is -0.595. The molecule has 0 aromatic rings. The van der Waals surface area contributed by atoms with Gasteiger partial charge in [0.25, 0.3) is 0 Å². The topological polar surface area (TPSA) is 20.3 Å². The molecule has 0 aliphatic carbocycles. The lowest BCUT2D eigenvalue weighted by Gasteiger charge is -2.32. The summed E-state index contributed by atoms with van der Waals surface area (Å²) in [4.78, 5) is 12.8. The Morgan fingerprint density at radius 3 is 2.00 bits per heavy atom. The van der Waals surface area contributed by atoms with Crippen LogP contribution in [0.15, 0.2) is 12.3 Å². The van der Waals surface area contributed by atoms with Gasteiger partial charge in [-0.15, -0.1) is 0 Å². The van der Waals surface area contributed by atoms with E-state index in [0.717, 1.165) is 0 Å². The third-order valence-electron chi connectivity index (χ3n) is 1.36. The Morgan fingerprint density at radius 1 is 1.45 bits per heavy atom. The van der Waals surface area contributed by atoms with Crippen LogP contribution in [0.2, 0.25) is 0 Å². The van der Waals surface area contributed by atoms with Gasteiger partial charge in [0, 0.05) is 13.1 Å². The van der Waals surface area contributed by atoms with Crippen LogP contribution in [-0.4, -0.2) is 39.6 Å². The lowest BCUT2D eigenvalue weighted by molar-refractivity contribution is -0.126. The van der Waals surface area contributed by atoms with Gasteiger partial charge in [0.15, 0.2) is 0 Å². The minimum Gasteiger partial charge on any atom is -0.337 e. The quantitative estimate of drug-likeness (QED) is 0.410. The van der Waals surface area contributed by atoms with Gasteiger partial charge in [-0.25, -0.2) is 0 Å². The summed E-state index contributed by atoms with van der Waals surface area (Å²) in [7, 11) is 6.02. The molecule has 0 aliphatic rings. The molecule has 0 saturated carbocycles. The van der Waals surface area contributed by atoms with Crippen molar-refractivity contribution in [2.75, 3.05) is 0 Å². The molecule has 58 valence electrons. The van der Waals surface area contributed by atoms with E-state index >= 15 is 0 Å². The minimum atomic E-state index is -0.113. The number of rotatable bonds is 2. The van der Waals surface area contributed by atoms with Gasteiger partial charge >= 0.3 is 0 Å². The first kappa shape index (κ1) is 10.4. The summed E-state index contributed by atoms with van der Waals surface area (Å²) in [5, 5.41) is -0.113. The monoisotopic (exact) mass is 149 g/mol. The largest absolute Gasteiger partial charge is 0.337 e. The van der Waals surface area contributed by atoms with Crippen LogP contribution >= 0.6 is 0 Å². The second-order valence-corrected chi connectivity index (χ2v) is 3.54. The Morgan fingerprint density at radius 2 is 1.91 bits per heavy atom. The van der Waals surface area contributed by atoms with Gasteiger partial charge in [0.05, 0.1) is 0 Å². The van der Waals surface area contributed by atoms with Gasteiger partial charge in [-0.1, -0.05) is 6.08 Å². The van der Waals surface area contributed by atoms with Crippen molar-refractivity contribution >= 4 is 29.4 Å². The van der Waals surface area contributed by atoms with E-state index in [0.29, 0.717) is 0 Å². The average molecular weight is 149 g/mol. The molecule has 0 fully saturated rings. The molecule has 0 aromatic heterocycles. The van der Waals surface area contributed by atoms with Crippen molar-refractivity contribution in [1.29, 1.82) is 0 Å². The highest BCUT2D eigenvalue weighted by molar-refractivity contribution is 6.59. The Bertz CT molecular complexity index is 173. The van der Waals surface area contributed by atoms with Crippen LogP contribution in [0.5, 0.6) is 0 Å². The van der Waals surface area contributed by atoms with Gasteiger partial charge in [-0.05, 0) is 12.2 Å². The second-order valence-electron chi connectivity index (χ2n) is 3.54. The summed E-state index contributed by atoms with van der Waals surface area (Å²) >= 11 is 0. The zero-order valence-corrected chi connectivity index (χ0v) is 8.01. The third-order valence-corrected chi connectivity index (χ3v) is 1.36. The van der Waals surface area contributed by atoms with Gasteiger partial charge < -0.3 is 4.90 Å². The summed E-state index contributed by atoms with van der Waals surface area (Å²) in [6.07, 6.45) is 3.68. The van der Waals surface area contributed by atoms with Crippen molar-refractivity contribution in [3.8, 4) is 0 Å². The molecule has 5 heteroatoms. The molecule has 2 nitrogen and oxygen atoms in total. The van der Waals surface area contributed by atoms with E-state index in [2.05, 4.69) is 0 Å².